The van der Waals surface area contributed by atoms with Gasteiger partial charge in [0.15, 0.2) is 0 Å². The predicted octanol–water partition coefficient (Wildman–Crippen LogP) is 4.19. The molecule has 0 N–H and O–H groups in total. The zero-order valence-corrected chi connectivity index (χ0v) is 13.7. The molecule has 0 saturated carbocycles. The molecule has 0 spiro atoms. The summed E-state index contributed by atoms with van der Waals surface area (Å²) >= 11 is 3.61. The van der Waals surface area contributed by atoms with Crippen LogP contribution in [0, 0.1) is 0 Å². The van der Waals surface area contributed by atoms with E-state index in [0.717, 1.165) is 16.5 Å². The van der Waals surface area contributed by atoms with Crippen molar-refractivity contribution < 1.29 is 0 Å². The molecule has 100 valence electrons. The summed E-state index contributed by atoms with van der Waals surface area (Å²) in [6.45, 7) is 3.34. The number of nitrogens with zero attached hydrogens (tertiary/aromatic N) is 2. The fourth-order valence-electron chi connectivity index (χ4n) is 2.29. The second kappa shape index (κ2) is 6.48. The van der Waals surface area contributed by atoms with Crippen LogP contribution < -0.4 is 0 Å². The van der Waals surface area contributed by atoms with E-state index < -0.39 is 0 Å². The fraction of sp³-hybridized carbons (Fsp3) is 0.357. The largest absolute Gasteiger partial charge is 0.297 e. The van der Waals surface area contributed by atoms with Crippen LogP contribution in [0.3, 0.4) is 0 Å². The lowest BCUT2D eigenvalue weighted by molar-refractivity contribution is 0.303. The first-order valence-electron chi connectivity index (χ1n) is 6.33. The average Bonchev–Trinajstić information content (AvgIpc) is 2.71. The van der Waals surface area contributed by atoms with Gasteiger partial charge in [-0.15, -0.1) is 0 Å². The lowest BCUT2D eigenvalue weighted by atomic mass is 10.1. The van der Waals surface area contributed by atoms with Crippen LogP contribution in [-0.2, 0) is 6.54 Å². The SMILES string of the molecule is Brc1ccc(CN2CCSSCC2)c2ncccc12. The Hall–Kier alpha value is -0.230. The molecule has 5 heteroatoms. The molecule has 0 bridgehead atoms. The monoisotopic (exact) mass is 354 g/mol. The molecule has 1 aliphatic rings. The van der Waals surface area contributed by atoms with E-state index >= 15 is 0 Å². The molecule has 0 aliphatic carbocycles. The normalized spacial score (nSPS) is 17.5. The van der Waals surface area contributed by atoms with Crippen LogP contribution in [0.15, 0.2) is 34.9 Å². The standard InChI is InChI=1S/C14H15BrN2S2/c15-13-4-3-11(14-12(13)2-1-5-16-14)10-17-6-8-18-19-9-7-17/h1-5H,6-10H2. The maximum atomic E-state index is 4.56. The summed E-state index contributed by atoms with van der Waals surface area (Å²) in [6, 6.07) is 8.46. The molecule has 1 aliphatic heterocycles. The van der Waals surface area contributed by atoms with Gasteiger partial charge >= 0.3 is 0 Å². The van der Waals surface area contributed by atoms with Gasteiger partial charge in [-0.1, -0.05) is 49.7 Å². The number of pyridine rings is 1. The van der Waals surface area contributed by atoms with Crippen molar-refractivity contribution in [3.05, 3.63) is 40.5 Å². The zero-order valence-electron chi connectivity index (χ0n) is 10.5. The highest BCUT2D eigenvalue weighted by Gasteiger charge is 2.12. The molecule has 2 aromatic rings. The van der Waals surface area contributed by atoms with Crippen LogP contribution in [0.5, 0.6) is 0 Å². The Morgan fingerprint density at radius 2 is 1.95 bits per heavy atom. The number of hydrogen-bond acceptors (Lipinski definition) is 4. The predicted molar refractivity (Wildman–Crippen MR) is 89.6 cm³/mol. The maximum absolute atomic E-state index is 4.56. The van der Waals surface area contributed by atoms with Crippen molar-refractivity contribution in [2.24, 2.45) is 0 Å². The molecule has 2 nitrogen and oxygen atoms in total. The Kier molecular flexibility index (Phi) is 4.69. The van der Waals surface area contributed by atoms with Gasteiger partial charge in [0.1, 0.15) is 0 Å². The molecule has 0 atom stereocenters. The quantitative estimate of drug-likeness (QED) is 0.751. The number of benzene rings is 1. The molecule has 3 rings (SSSR count). The van der Waals surface area contributed by atoms with E-state index in [1.54, 1.807) is 0 Å². The number of aromatic nitrogens is 1. The van der Waals surface area contributed by atoms with Crippen molar-refractivity contribution >= 4 is 48.4 Å². The number of rotatable bonds is 2. The van der Waals surface area contributed by atoms with Crippen molar-refractivity contribution in [1.29, 1.82) is 0 Å². The maximum Gasteiger partial charge on any atom is 0.0758 e. The summed E-state index contributed by atoms with van der Waals surface area (Å²) < 4.78 is 1.13. The second-order valence-corrected chi connectivity index (χ2v) is 8.08. The summed E-state index contributed by atoms with van der Waals surface area (Å²) in [5.41, 5.74) is 2.46. The topological polar surface area (TPSA) is 16.1 Å². The summed E-state index contributed by atoms with van der Waals surface area (Å²) in [5.74, 6) is 2.43. The Labute approximate surface area is 129 Å². The number of fused-ring (bicyclic) bond motifs is 1. The van der Waals surface area contributed by atoms with E-state index in [4.69, 9.17) is 0 Å². The van der Waals surface area contributed by atoms with Gasteiger partial charge in [-0.2, -0.15) is 0 Å². The van der Waals surface area contributed by atoms with Crippen molar-refractivity contribution in [1.82, 2.24) is 9.88 Å². The molecular weight excluding hydrogens is 340 g/mol. The lowest BCUT2D eigenvalue weighted by Crippen LogP contribution is -2.26. The molecule has 2 heterocycles. The van der Waals surface area contributed by atoms with Gasteiger partial charge in [-0.25, -0.2) is 0 Å². The zero-order chi connectivity index (χ0) is 13.1. The molecule has 1 aromatic carbocycles. The molecule has 1 aromatic heterocycles. The first kappa shape index (κ1) is 13.7. The van der Waals surface area contributed by atoms with Crippen molar-refractivity contribution in [2.75, 3.05) is 24.6 Å². The van der Waals surface area contributed by atoms with Crippen LogP contribution in [0.2, 0.25) is 0 Å². The van der Waals surface area contributed by atoms with Crippen LogP contribution in [-0.4, -0.2) is 34.5 Å². The number of halogens is 1. The van der Waals surface area contributed by atoms with E-state index in [9.17, 15) is 0 Å². The summed E-state index contributed by atoms with van der Waals surface area (Å²) in [5, 5.41) is 1.21. The molecule has 0 amide bonds. The van der Waals surface area contributed by atoms with Crippen LogP contribution in [0.1, 0.15) is 5.56 Å². The lowest BCUT2D eigenvalue weighted by Gasteiger charge is -2.20. The van der Waals surface area contributed by atoms with Crippen molar-refractivity contribution in [3.63, 3.8) is 0 Å². The van der Waals surface area contributed by atoms with Gasteiger partial charge in [0.05, 0.1) is 5.52 Å². The van der Waals surface area contributed by atoms with Gasteiger partial charge in [0.25, 0.3) is 0 Å². The molecule has 19 heavy (non-hydrogen) atoms. The van der Waals surface area contributed by atoms with E-state index in [2.05, 4.69) is 44.0 Å². The van der Waals surface area contributed by atoms with Gasteiger partial charge in [0.2, 0.25) is 0 Å². The van der Waals surface area contributed by atoms with Gasteiger partial charge < -0.3 is 0 Å². The number of hydrogen-bond donors (Lipinski definition) is 0. The molecule has 0 radical (unpaired) electrons. The third kappa shape index (κ3) is 3.27. The van der Waals surface area contributed by atoms with E-state index in [0.29, 0.717) is 0 Å². The van der Waals surface area contributed by atoms with Crippen LogP contribution in [0.4, 0.5) is 0 Å². The molecule has 1 saturated heterocycles. The van der Waals surface area contributed by atoms with E-state index in [-0.39, 0.29) is 0 Å². The molecular formula is C14H15BrN2S2. The average molecular weight is 355 g/mol. The van der Waals surface area contributed by atoms with Crippen LogP contribution >= 0.6 is 37.5 Å². The second-order valence-electron chi connectivity index (χ2n) is 4.53. The Morgan fingerprint density at radius 1 is 1.16 bits per heavy atom. The van der Waals surface area contributed by atoms with Crippen molar-refractivity contribution in [2.45, 2.75) is 6.54 Å². The molecule has 0 unspecified atom stereocenters. The van der Waals surface area contributed by atoms with E-state index in [1.165, 1.54) is 35.5 Å². The minimum Gasteiger partial charge on any atom is -0.297 e. The highest BCUT2D eigenvalue weighted by atomic mass is 79.9. The summed E-state index contributed by atoms with van der Waals surface area (Å²) in [4.78, 5) is 7.10. The fourth-order valence-corrected chi connectivity index (χ4v) is 4.79. The van der Waals surface area contributed by atoms with Crippen LogP contribution in [0.25, 0.3) is 10.9 Å². The Bertz CT molecular complexity index is 568. The minimum absolute atomic E-state index is 1.00. The minimum atomic E-state index is 1.00. The Balaban J connectivity index is 1.90. The smallest absolute Gasteiger partial charge is 0.0758 e. The van der Waals surface area contributed by atoms with Crippen molar-refractivity contribution in [3.8, 4) is 0 Å². The molecule has 1 fully saturated rings. The first-order valence-corrected chi connectivity index (χ1v) is 9.61. The van der Waals surface area contributed by atoms with Gasteiger partial charge in [0, 0.05) is 47.2 Å². The summed E-state index contributed by atoms with van der Waals surface area (Å²) in [6.07, 6.45) is 1.88. The third-order valence-corrected chi connectivity index (χ3v) is 6.32. The third-order valence-electron chi connectivity index (χ3n) is 3.26. The Morgan fingerprint density at radius 3 is 2.74 bits per heavy atom. The highest BCUT2D eigenvalue weighted by Crippen LogP contribution is 2.28. The van der Waals surface area contributed by atoms with E-state index in [1.807, 2.05) is 33.9 Å². The summed E-state index contributed by atoms with van der Waals surface area (Å²) in [7, 11) is 3.98. The highest BCUT2D eigenvalue weighted by molar-refractivity contribution is 9.10. The first-order chi connectivity index (χ1) is 9.34. The van der Waals surface area contributed by atoms with Gasteiger partial charge in [-0.05, 0) is 17.7 Å². The van der Waals surface area contributed by atoms with Gasteiger partial charge in [-0.3, -0.25) is 9.88 Å².